The molecule has 0 fully saturated rings. The number of hydrogen-bond acceptors (Lipinski definition) is 2. The molecule has 0 bridgehead atoms. The van der Waals surface area contributed by atoms with Crippen LogP contribution < -0.4 is 0 Å². The van der Waals surface area contributed by atoms with E-state index in [-0.39, 0.29) is 6.10 Å². The highest BCUT2D eigenvalue weighted by Gasteiger charge is 2.24. The van der Waals surface area contributed by atoms with Crippen LogP contribution in [0.15, 0.2) is 40.2 Å². The van der Waals surface area contributed by atoms with Gasteiger partial charge in [-0.05, 0) is 65.4 Å². The summed E-state index contributed by atoms with van der Waals surface area (Å²) < 4.78 is 7.51. The fraction of sp³-hybridized carbons (Fsp3) is 0.333. The lowest BCUT2D eigenvalue weighted by molar-refractivity contribution is 0.202. The lowest BCUT2D eigenvalue weighted by Crippen LogP contribution is -2.28. The second-order valence-corrected chi connectivity index (χ2v) is 13.1. The summed E-state index contributed by atoms with van der Waals surface area (Å²) in [6.45, 7) is 6.67. The summed E-state index contributed by atoms with van der Waals surface area (Å²) in [4.78, 5) is 1.26. The molecule has 2 aromatic rings. The van der Waals surface area contributed by atoms with Crippen LogP contribution in [0.5, 0.6) is 0 Å². The number of halogens is 2. The Morgan fingerprint density at radius 3 is 2.55 bits per heavy atom. The average Bonchev–Trinajstić information content (AvgIpc) is 2.73. The van der Waals surface area contributed by atoms with Gasteiger partial charge in [0.25, 0.3) is 0 Å². The standard InChI is InChI=1S/C15H18BrClOSSi/c1-20(2,3)18-13(14-7-8-15(16)19-14)10-11-5-4-6-12(17)9-11/h4-9,13H,10H2,1-3H3. The zero-order chi connectivity index (χ0) is 14.8. The molecule has 0 aliphatic carbocycles. The normalized spacial score (nSPS) is 13.4. The van der Waals surface area contributed by atoms with Crippen LogP contribution in [-0.2, 0) is 10.8 Å². The molecule has 1 unspecified atom stereocenters. The highest BCUT2D eigenvalue weighted by Crippen LogP contribution is 2.33. The molecular formula is C15H18BrClOSSi. The maximum absolute atomic E-state index is 6.37. The van der Waals surface area contributed by atoms with E-state index in [9.17, 15) is 0 Å². The van der Waals surface area contributed by atoms with Gasteiger partial charge >= 0.3 is 0 Å². The van der Waals surface area contributed by atoms with Crippen LogP contribution >= 0.6 is 38.9 Å². The van der Waals surface area contributed by atoms with Crippen LogP contribution in [-0.4, -0.2) is 8.32 Å². The van der Waals surface area contributed by atoms with Crippen LogP contribution in [0.4, 0.5) is 0 Å². The summed E-state index contributed by atoms with van der Waals surface area (Å²) in [5.41, 5.74) is 1.21. The molecule has 0 saturated heterocycles. The molecule has 2 rings (SSSR count). The van der Waals surface area contributed by atoms with Crippen LogP contribution in [0.2, 0.25) is 24.7 Å². The molecule has 20 heavy (non-hydrogen) atoms. The third kappa shape index (κ3) is 5.01. The van der Waals surface area contributed by atoms with Gasteiger partial charge in [0, 0.05) is 16.3 Å². The Hall–Kier alpha value is -0.133. The predicted octanol–water partition coefficient (Wildman–Crippen LogP) is 6.30. The first-order valence-corrected chi connectivity index (χ1v) is 11.9. The van der Waals surface area contributed by atoms with E-state index in [1.165, 1.54) is 10.4 Å². The lowest BCUT2D eigenvalue weighted by atomic mass is 10.1. The first-order valence-electron chi connectivity index (χ1n) is 6.51. The average molecular weight is 390 g/mol. The van der Waals surface area contributed by atoms with E-state index in [0.717, 1.165) is 15.2 Å². The first kappa shape index (κ1) is 16.2. The molecule has 1 aromatic heterocycles. The summed E-state index contributed by atoms with van der Waals surface area (Å²) >= 11 is 11.3. The molecule has 0 aliphatic heterocycles. The summed E-state index contributed by atoms with van der Waals surface area (Å²) in [5.74, 6) is 0. The molecule has 1 heterocycles. The molecule has 108 valence electrons. The Labute approximate surface area is 139 Å². The predicted molar refractivity (Wildman–Crippen MR) is 94.3 cm³/mol. The molecule has 0 N–H and O–H groups in total. The molecule has 0 amide bonds. The molecule has 1 aromatic carbocycles. The highest BCUT2D eigenvalue weighted by atomic mass is 79.9. The number of hydrogen-bond donors (Lipinski definition) is 0. The van der Waals surface area contributed by atoms with Crippen LogP contribution in [0, 0.1) is 0 Å². The lowest BCUT2D eigenvalue weighted by Gasteiger charge is -2.26. The van der Waals surface area contributed by atoms with E-state index in [1.807, 2.05) is 18.2 Å². The van der Waals surface area contributed by atoms with Crippen molar-refractivity contribution in [3.05, 3.63) is 55.6 Å². The fourth-order valence-electron chi connectivity index (χ4n) is 2.01. The highest BCUT2D eigenvalue weighted by molar-refractivity contribution is 9.11. The monoisotopic (exact) mass is 388 g/mol. The van der Waals surface area contributed by atoms with Crippen molar-refractivity contribution in [1.29, 1.82) is 0 Å². The molecule has 0 aliphatic rings. The number of rotatable bonds is 5. The van der Waals surface area contributed by atoms with Crippen molar-refractivity contribution in [1.82, 2.24) is 0 Å². The Morgan fingerprint density at radius 1 is 1.25 bits per heavy atom. The van der Waals surface area contributed by atoms with Crippen LogP contribution in [0.3, 0.4) is 0 Å². The molecule has 1 nitrogen and oxygen atoms in total. The minimum Gasteiger partial charge on any atom is -0.410 e. The molecule has 0 spiro atoms. The van der Waals surface area contributed by atoms with E-state index >= 15 is 0 Å². The second-order valence-electron chi connectivity index (χ2n) is 5.69. The topological polar surface area (TPSA) is 9.23 Å². The smallest absolute Gasteiger partial charge is 0.184 e. The Bertz CT molecular complexity index is 579. The Morgan fingerprint density at radius 2 is 2.00 bits per heavy atom. The zero-order valence-corrected chi connectivity index (χ0v) is 16.0. The largest absolute Gasteiger partial charge is 0.410 e. The van der Waals surface area contributed by atoms with Crippen molar-refractivity contribution < 1.29 is 4.43 Å². The van der Waals surface area contributed by atoms with Crippen molar-refractivity contribution in [3.63, 3.8) is 0 Å². The van der Waals surface area contributed by atoms with Gasteiger partial charge in [-0.15, -0.1) is 11.3 Å². The maximum Gasteiger partial charge on any atom is 0.184 e. The van der Waals surface area contributed by atoms with E-state index < -0.39 is 8.32 Å². The third-order valence-electron chi connectivity index (χ3n) is 2.72. The van der Waals surface area contributed by atoms with Gasteiger partial charge in [-0.1, -0.05) is 23.7 Å². The van der Waals surface area contributed by atoms with E-state index in [1.54, 1.807) is 11.3 Å². The molecular weight excluding hydrogens is 372 g/mol. The van der Waals surface area contributed by atoms with Gasteiger partial charge in [0.1, 0.15) is 0 Å². The first-order chi connectivity index (χ1) is 9.33. The van der Waals surface area contributed by atoms with Crippen molar-refractivity contribution in [2.45, 2.75) is 32.2 Å². The maximum atomic E-state index is 6.37. The fourth-order valence-corrected chi connectivity index (χ4v) is 4.82. The Balaban J connectivity index is 2.23. The summed E-state index contributed by atoms with van der Waals surface area (Å²) in [6, 6.07) is 12.2. The van der Waals surface area contributed by atoms with Gasteiger partial charge in [-0.3, -0.25) is 0 Å². The SMILES string of the molecule is C[Si](C)(C)OC(Cc1cccc(Cl)c1)c1ccc(Br)s1. The van der Waals surface area contributed by atoms with Gasteiger partial charge in [0.15, 0.2) is 8.32 Å². The molecule has 0 saturated carbocycles. The van der Waals surface area contributed by atoms with Crippen LogP contribution in [0.25, 0.3) is 0 Å². The van der Waals surface area contributed by atoms with Crippen molar-refractivity contribution in [2.24, 2.45) is 0 Å². The van der Waals surface area contributed by atoms with Gasteiger partial charge in [-0.25, -0.2) is 0 Å². The zero-order valence-electron chi connectivity index (χ0n) is 11.8. The van der Waals surface area contributed by atoms with E-state index in [2.05, 4.69) is 53.8 Å². The summed E-state index contributed by atoms with van der Waals surface area (Å²) in [5, 5.41) is 0.779. The van der Waals surface area contributed by atoms with Gasteiger partial charge in [0.2, 0.25) is 0 Å². The van der Waals surface area contributed by atoms with E-state index in [4.69, 9.17) is 16.0 Å². The van der Waals surface area contributed by atoms with Crippen molar-refractivity contribution >= 4 is 47.2 Å². The minimum atomic E-state index is -1.60. The Kier molecular flexibility index (Phi) is 5.48. The quantitative estimate of drug-likeness (QED) is 0.545. The number of thiophene rings is 1. The minimum absolute atomic E-state index is 0.108. The van der Waals surface area contributed by atoms with E-state index in [0.29, 0.717) is 0 Å². The van der Waals surface area contributed by atoms with Gasteiger partial charge < -0.3 is 4.43 Å². The molecule has 0 radical (unpaired) electrons. The van der Waals surface area contributed by atoms with Crippen LogP contribution in [0.1, 0.15) is 16.5 Å². The third-order valence-corrected chi connectivity index (χ3v) is 5.66. The van der Waals surface area contributed by atoms with Gasteiger partial charge in [-0.2, -0.15) is 0 Å². The van der Waals surface area contributed by atoms with Gasteiger partial charge in [0.05, 0.1) is 9.89 Å². The number of benzene rings is 1. The molecule has 1 atom stereocenters. The summed E-state index contributed by atoms with van der Waals surface area (Å²) in [6.07, 6.45) is 0.967. The van der Waals surface area contributed by atoms with Crippen molar-refractivity contribution in [2.75, 3.05) is 0 Å². The van der Waals surface area contributed by atoms with Crippen molar-refractivity contribution in [3.8, 4) is 0 Å². The summed E-state index contributed by atoms with van der Waals surface area (Å²) in [7, 11) is -1.60. The molecule has 5 heteroatoms. The second kappa shape index (κ2) is 6.75.